The van der Waals surface area contributed by atoms with E-state index in [4.69, 9.17) is 0 Å². The normalized spacial score (nSPS) is 22.1. The molecular weight excluding hydrogens is 290 g/mol. The Labute approximate surface area is 138 Å². The molecule has 0 spiro atoms. The summed E-state index contributed by atoms with van der Waals surface area (Å²) in [5.74, 6) is 2.67. The van der Waals surface area contributed by atoms with Gasteiger partial charge in [0.2, 0.25) is 5.82 Å². The Morgan fingerprint density at radius 2 is 2.13 bits per heavy atom. The molecule has 128 valence electrons. The van der Waals surface area contributed by atoms with E-state index in [-0.39, 0.29) is 5.91 Å². The van der Waals surface area contributed by atoms with Crippen LogP contribution in [0.5, 0.6) is 0 Å². The monoisotopic (exact) mass is 319 g/mol. The van der Waals surface area contributed by atoms with Gasteiger partial charge < -0.3 is 14.8 Å². The summed E-state index contributed by atoms with van der Waals surface area (Å²) in [6.45, 7) is 9.53. The summed E-state index contributed by atoms with van der Waals surface area (Å²) in [5, 5.41) is 11.4. The smallest absolute Gasteiger partial charge is 0.289 e. The van der Waals surface area contributed by atoms with Crippen LogP contribution in [0.2, 0.25) is 0 Å². The summed E-state index contributed by atoms with van der Waals surface area (Å²) in [6, 6.07) is 0. The zero-order chi connectivity index (χ0) is 16.2. The van der Waals surface area contributed by atoms with Crippen LogP contribution in [0.3, 0.4) is 0 Å². The second-order valence-electron chi connectivity index (χ2n) is 7.42. The zero-order valence-corrected chi connectivity index (χ0v) is 14.4. The molecule has 6 nitrogen and oxygen atoms in total. The highest BCUT2D eigenvalue weighted by atomic mass is 16.2. The Morgan fingerprint density at radius 1 is 1.26 bits per heavy atom. The highest BCUT2D eigenvalue weighted by molar-refractivity contribution is 5.90. The molecule has 1 aromatic rings. The number of hydrogen-bond donors (Lipinski definition) is 1. The lowest BCUT2D eigenvalue weighted by Gasteiger charge is -2.18. The van der Waals surface area contributed by atoms with Crippen LogP contribution in [0.4, 0.5) is 0 Å². The molecule has 3 heterocycles. The molecule has 1 saturated heterocycles. The molecule has 0 bridgehead atoms. The number of nitrogens with one attached hydrogen (secondary N) is 1. The predicted octanol–water partition coefficient (Wildman–Crippen LogP) is 1.71. The van der Waals surface area contributed by atoms with Gasteiger partial charge in [0.1, 0.15) is 5.82 Å². The molecule has 2 aliphatic heterocycles. The number of carbonyl (C=O) groups excluding carboxylic acids is 1. The molecule has 0 unspecified atom stereocenters. The van der Waals surface area contributed by atoms with E-state index in [0.717, 1.165) is 57.8 Å². The number of aromatic nitrogens is 3. The Morgan fingerprint density at radius 3 is 2.96 bits per heavy atom. The third kappa shape index (κ3) is 4.10. The van der Waals surface area contributed by atoms with Gasteiger partial charge in [0.05, 0.1) is 0 Å². The van der Waals surface area contributed by atoms with Crippen molar-refractivity contribution in [3.63, 3.8) is 0 Å². The fourth-order valence-corrected chi connectivity index (χ4v) is 3.73. The second-order valence-corrected chi connectivity index (χ2v) is 7.42. The molecule has 1 aromatic heterocycles. The third-order valence-corrected chi connectivity index (χ3v) is 4.86. The quantitative estimate of drug-likeness (QED) is 0.897. The van der Waals surface area contributed by atoms with Crippen LogP contribution >= 0.6 is 0 Å². The summed E-state index contributed by atoms with van der Waals surface area (Å²) < 4.78 is 2.02. The topological polar surface area (TPSA) is 63.1 Å². The van der Waals surface area contributed by atoms with Gasteiger partial charge in [-0.2, -0.15) is 0 Å². The van der Waals surface area contributed by atoms with E-state index in [0.29, 0.717) is 17.7 Å². The largest absolute Gasteiger partial charge is 0.349 e. The first-order valence-corrected chi connectivity index (χ1v) is 9.06. The fourth-order valence-electron chi connectivity index (χ4n) is 3.73. The lowest BCUT2D eigenvalue weighted by molar-refractivity contribution is 0.0931. The third-order valence-electron chi connectivity index (χ3n) is 4.86. The molecule has 6 heteroatoms. The van der Waals surface area contributed by atoms with Gasteiger partial charge in [0, 0.05) is 32.6 Å². The van der Waals surface area contributed by atoms with Crippen LogP contribution in [-0.4, -0.2) is 51.8 Å². The van der Waals surface area contributed by atoms with Crippen molar-refractivity contribution < 1.29 is 4.79 Å². The SMILES string of the molecule is CC(C)CN1CC[C@H](CNC(=O)c2nnc3n2CCCCC3)C1. The molecule has 0 radical (unpaired) electrons. The second kappa shape index (κ2) is 7.43. The van der Waals surface area contributed by atoms with E-state index in [2.05, 4.69) is 34.3 Å². The highest BCUT2D eigenvalue weighted by Crippen LogP contribution is 2.17. The first-order valence-electron chi connectivity index (χ1n) is 9.06. The van der Waals surface area contributed by atoms with E-state index in [9.17, 15) is 4.79 Å². The van der Waals surface area contributed by atoms with Crippen molar-refractivity contribution in [1.82, 2.24) is 25.0 Å². The van der Waals surface area contributed by atoms with Crippen LogP contribution in [0.1, 0.15) is 56.0 Å². The Bertz CT molecular complexity index is 539. The standard InChI is InChI=1S/C17H29N5O/c1-13(2)11-21-9-7-14(12-21)10-18-17(23)16-20-19-15-6-4-3-5-8-22(15)16/h13-14H,3-12H2,1-2H3,(H,18,23)/t14-/m1/s1. The molecule has 2 aliphatic rings. The van der Waals surface area contributed by atoms with Gasteiger partial charge in [0.15, 0.2) is 0 Å². The van der Waals surface area contributed by atoms with Crippen molar-refractivity contribution in [2.24, 2.45) is 11.8 Å². The molecule has 1 amide bonds. The van der Waals surface area contributed by atoms with Crippen LogP contribution < -0.4 is 5.32 Å². The Hall–Kier alpha value is -1.43. The van der Waals surface area contributed by atoms with Crippen molar-refractivity contribution in [3.8, 4) is 0 Å². The van der Waals surface area contributed by atoms with Gasteiger partial charge in [-0.1, -0.05) is 20.3 Å². The average Bonchev–Trinajstić information content (AvgIpc) is 3.05. The van der Waals surface area contributed by atoms with Gasteiger partial charge >= 0.3 is 0 Å². The summed E-state index contributed by atoms with van der Waals surface area (Å²) in [4.78, 5) is 15.0. The predicted molar refractivity (Wildman–Crippen MR) is 89.3 cm³/mol. The lowest BCUT2D eigenvalue weighted by atomic mass is 10.1. The summed E-state index contributed by atoms with van der Waals surface area (Å²) >= 11 is 0. The van der Waals surface area contributed by atoms with Crippen molar-refractivity contribution in [2.45, 2.75) is 52.5 Å². The van der Waals surface area contributed by atoms with Crippen LogP contribution in [0, 0.1) is 11.8 Å². The maximum Gasteiger partial charge on any atom is 0.289 e. The number of amides is 1. The van der Waals surface area contributed by atoms with Crippen molar-refractivity contribution in [1.29, 1.82) is 0 Å². The van der Waals surface area contributed by atoms with E-state index in [1.54, 1.807) is 0 Å². The van der Waals surface area contributed by atoms with E-state index < -0.39 is 0 Å². The minimum absolute atomic E-state index is 0.0621. The van der Waals surface area contributed by atoms with E-state index in [1.807, 2.05) is 4.57 Å². The van der Waals surface area contributed by atoms with Gasteiger partial charge in [-0.15, -0.1) is 10.2 Å². The minimum Gasteiger partial charge on any atom is -0.349 e. The molecule has 1 fully saturated rings. The number of likely N-dealkylation sites (tertiary alicyclic amines) is 1. The highest BCUT2D eigenvalue weighted by Gasteiger charge is 2.25. The van der Waals surface area contributed by atoms with Gasteiger partial charge in [-0.3, -0.25) is 4.79 Å². The maximum atomic E-state index is 12.5. The molecule has 0 aliphatic carbocycles. The minimum atomic E-state index is -0.0621. The number of fused-ring (bicyclic) bond motifs is 1. The van der Waals surface area contributed by atoms with Crippen LogP contribution in [-0.2, 0) is 13.0 Å². The van der Waals surface area contributed by atoms with Crippen LogP contribution in [0.15, 0.2) is 0 Å². The molecule has 0 aromatic carbocycles. The molecule has 23 heavy (non-hydrogen) atoms. The first kappa shape index (κ1) is 16.4. The molecular formula is C17H29N5O. The summed E-state index contributed by atoms with van der Waals surface area (Å²) in [7, 11) is 0. The van der Waals surface area contributed by atoms with Crippen LogP contribution in [0.25, 0.3) is 0 Å². The number of carbonyl (C=O) groups is 1. The molecule has 3 rings (SSSR count). The fraction of sp³-hybridized carbons (Fsp3) is 0.824. The number of nitrogens with zero attached hydrogens (tertiary/aromatic N) is 4. The maximum absolute atomic E-state index is 12.5. The van der Waals surface area contributed by atoms with Gasteiger partial charge in [-0.25, -0.2) is 0 Å². The van der Waals surface area contributed by atoms with Crippen molar-refractivity contribution >= 4 is 5.91 Å². The summed E-state index contributed by atoms with van der Waals surface area (Å²) in [6.07, 6.45) is 5.57. The number of aryl methyl sites for hydroxylation is 1. The number of rotatable bonds is 5. The molecule has 1 atom stereocenters. The zero-order valence-electron chi connectivity index (χ0n) is 14.4. The first-order chi connectivity index (χ1) is 11.1. The van der Waals surface area contributed by atoms with Gasteiger partial charge in [-0.05, 0) is 37.6 Å². The summed E-state index contributed by atoms with van der Waals surface area (Å²) in [5.41, 5.74) is 0. The molecule has 0 saturated carbocycles. The van der Waals surface area contributed by atoms with Crippen molar-refractivity contribution in [2.75, 3.05) is 26.2 Å². The Balaban J connectivity index is 1.51. The van der Waals surface area contributed by atoms with Gasteiger partial charge in [0.25, 0.3) is 5.91 Å². The molecule has 1 N–H and O–H groups in total. The van der Waals surface area contributed by atoms with E-state index in [1.165, 1.54) is 12.8 Å². The van der Waals surface area contributed by atoms with Crippen molar-refractivity contribution in [3.05, 3.63) is 11.6 Å². The Kier molecular flexibility index (Phi) is 5.30. The number of hydrogen-bond acceptors (Lipinski definition) is 4. The van der Waals surface area contributed by atoms with E-state index >= 15 is 0 Å². The lowest BCUT2D eigenvalue weighted by Crippen LogP contribution is -2.33. The average molecular weight is 319 g/mol.